The SMILES string of the molecule is COC(=S)NC[C@H]1CN(c2ccc(N3CCN(S(N)(=O)=O)CC3)c(F)c2)C(=O)O1. The Morgan fingerprint density at radius 1 is 1.38 bits per heavy atom. The van der Waals surface area contributed by atoms with E-state index in [0.717, 1.165) is 4.31 Å². The molecule has 1 aromatic carbocycles. The molecule has 2 heterocycles. The minimum Gasteiger partial charge on any atom is -0.474 e. The Morgan fingerprint density at radius 3 is 2.66 bits per heavy atom. The maximum absolute atomic E-state index is 14.7. The highest BCUT2D eigenvalue weighted by molar-refractivity contribution is 7.86. The Bertz CT molecular complexity index is 892. The van der Waals surface area contributed by atoms with Crippen molar-refractivity contribution in [3.05, 3.63) is 24.0 Å². The fourth-order valence-corrected chi connectivity index (χ4v) is 3.97. The third kappa shape index (κ3) is 5.04. The second kappa shape index (κ2) is 8.65. The Labute approximate surface area is 173 Å². The van der Waals surface area contributed by atoms with Gasteiger partial charge in [-0.15, -0.1) is 0 Å². The van der Waals surface area contributed by atoms with E-state index in [4.69, 9.17) is 26.8 Å². The molecule has 3 rings (SSSR count). The van der Waals surface area contributed by atoms with Crippen molar-refractivity contribution in [1.29, 1.82) is 0 Å². The van der Waals surface area contributed by atoms with E-state index in [9.17, 15) is 17.6 Å². The van der Waals surface area contributed by atoms with E-state index in [2.05, 4.69) is 5.32 Å². The molecule has 3 N–H and O–H groups in total. The summed E-state index contributed by atoms with van der Waals surface area (Å²) in [5, 5.41) is 8.13. The van der Waals surface area contributed by atoms with E-state index < -0.39 is 28.2 Å². The van der Waals surface area contributed by atoms with Gasteiger partial charge in [-0.3, -0.25) is 4.90 Å². The van der Waals surface area contributed by atoms with Crippen LogP contribution < -0.4 is 20.3 Å². The molecule has 160 valence electrons. The van der Waals surface area contributed by atoms with Gasteiger partial charge >= 0.3 is 6.09 Å². The quantitative estimate of drug-likeness (QED) is 0.606. The zero-order valence-electron chi connectivity index (χ0n) is 15.7. The number of benzene rings is 1. The summed E-state index contributed by atoms with van der Waals surface area (Å²) in [4.78, 5) is 15.2. The lowest BCUT2D eigenvalue weighted by Crippen LogP contribution is -2.50. The molecule has 1 aromatic rings. The molecule has 0 unspecified atom stereocenters. The van der Waals surface area contributed by atoms with Crippen LogP contribution in [0.4, 0.5) is 20.6 Å². The molecule has 0 aromatic heterocycles. The Morgan fingerprint density at radius 2 is 2.07 bits per heavy atom. The van der Waals surface area contributed by atoms with E-state index in [0.29, 0.717) is 24.5 Å². The summed E-state index contributed by atoms with van der Waals surface area (Å²) in [6.45, 7) is 1.50. The smallest absolute Gasteiger partial charge is 0.414 e. The third-order valence-electron chi connectivity index (χ3n) is 4.72. The molecule has 2 aliphatic heterocycles. The van der Waals surface area contributed by atoms with Crippen molar-refractivity contribution in [2.45, 2.75) is 6.10 Å². The van der Waals surface area contributed by atoms with Crippen LogP contribution in [0, 0.1) is 5.82 Å². The molecule has 2 saturated heterocycles. The van der Waals surface area contributed by atoms with Gasteiger partial charge in [0.25, 0.3) is 15.4 Å². The zero-order chi connectivity index (χ0) is 21.2. The van der Waals surface area contributed by atoms with Gasteiger partial charge in [-0.2, -0.15) is 12.7 Å². The van der Waals surface area contributed by atoms with Crippen LogP contribution in [0.3, 0.4) is 0 Å². The first-order valence-electron chi connectivity index (χ1n) is 8.81. The number of rotatable bonds is 5. The molecule has 0 spiro atoms. The van der Waals surface area contributed by atoms with Crippen molar-refractivity contribution in [2.24, 2.45) is 5.14 Å². The number of cyclic esters (lactones) is 1. The van der Waals surface area contributed by atoms with Crippen LogP contribution >= 0.6 is 12.2 Å². The molecule has 0 aliphatic carbocycles. The first-order valence-corrected chi connectivity index (χ1v) is 10.7. The van der Waals surface area contributed by atoms with E-state index in [-0.39, 0.29) is 31.4 Å². The van der Waals surface area contributed by atoms with Crippen molar-refractivity contribution in [3.8, 4) is 0 Å². The van der Waals surface area contributed by atoms with Crippen molar-refractivity contribution in [1.82, 2.24) is 9.62 Å². The maximum atomic E-state index is 14.7. The number of hydrogen-bond donors (Lipinski definition) is 2. The van der Waals surface area contributed by atoms with Crippen molar-refractivity contribution in [2.75, 3.05) is 56.2 Å². The van der Waals surface area contributed by atoms with Crippen LogP contribution in [-0.2, 0) is 19.7 Å². The summed E-state index contributed by atoms with van der Waals surface area (Å²) in [5.74, 6) is -0.513. The number of carbonyl (C=O) groups excluding carboxylic acids is 1. The van der Waals surface area contributed by atoms with E-state index >= 15 is 0 Å². The van der Waals surface area contributed by atoms with Crippen LogP contribution in [0.25, 0.3) is 0 Å². The van der Waals surface area contributed by atoms with Crippen molar-refractivity contribution >= 4 is 45.1 Å². The van der Waals surface area contributed by atoms with Crippen LogP contribution in [0.2, 0.25) is 0 Å². The first-order chi connectivity index (χ1) is 13.7. The summed E-state index contributed by atoms with van der Waals surface area (Å²) in [5.41, 5.74) is 0.704. The summed E-state index contributed by atoms with van der Waals surface area (Å²) < 4.78 is 48.7. The molecular formula is C16H22FN5O5S2. The molecule has 1 amide bonds. The molecule has 29 heavy (non-hydrogen) atoms. The molecule has 0 bridgehead atoms. The lowest BCUT2D eigenvalue weighted by Gasteiger charge is -2.34. The van der Waals surface area contributed by atoms with Crippen LogP contribution in [0.15, 0.2) is 18.2 Å². The number of thiocarbonyl (C=S) groups is 1. The summed E-state index contributed by atoms with van der Waals surface area (Å²) in [6.07, 6.45) is -1.03. The molecule has 2 fully saturated rings. The highest BCUT2D eigenvalue weighted by Gasteiger charge is 2.33. The van der Waals surface area contributed by atoms with Gasteiger partial charge < -0.3 is 19.7 Å². The highest BCUT2D eigenvalue weighted by atomic mass is 32.2. The number of nitrogens with zero attached hydrogens (tertiary/aromatic N) is 3. The Kier molecular flexibility index (Phi) is 6.41. The third-order valence-corrected chi connectivity index (χ3v) is 6.11. The number of nitrogens with one attached hydrogen (secondary N) is 1. The van der Waals surface area contributed by atoms with Crippen LogP contribution in [0.5, 0.6) is 0 Å². The lowest BCUT2D eigenvalue weighted by molar-refractivity contribution is 0.142. The predicted octanol–water partition coefficient (Wildman–Crippen LogP) is -0.00270. The van der Waals surface area contributed by atoms with E-state index in [1.807, 2.05) is 0 Å². The number of methoxy groups -OCH3 is 1. The zero-order valence-corrected chi connectivity index (χ0v) is 17.3. The summed E-state index contributed by atoms with van der Waals surface area (Å²) in [7, 11) is -2.32. The van der Waals surface area contributed by atoms with Crippen molar-refractivity contribution in [3.63, 3.8) is 0 Å². The second-order valence-electron chi connectivity index (χ2n) is 6.56. The van der Waals surface area contributed by atoms with Crippen molar-refractivity contribution < 1.29 is 27.1 Å². The van der Waals surface area contributed by atoms with E-state index in [1.54, 1.807) is 17.0 Å². The second-order valence-corrected chi connectivity index (χ2v) is 8.47. The molecule has 13 heteroatoms. The van der Waals surface area contributed by atoms with Gasteiger partial charge in [0.05, 0.1) is 31.6 Å². The number of nitrogens with two attached hydrogens (primary N) is 1. The number of piperazine rings is 1. The number of carbonyl (C=O) groups is 1. The average molecular weight is 448 g/mol. The highest BCUT2D eigenvalue weighted by Crippen LogP contribution is 2.28. The molecular weight excluding hydrogens is 425 g/mol. The minimum absolute atomic E-state index is 0.177. The molecule has 1 atom stereocenters. The molecule has 10 nitrogen and oxygen atoms in total. The molecule has 2 aliphatic rings. The van der Waals surface area contributed by atoms with Gasteiger partial charge in [0.1, 0.15) is 11.9 Å². The summed E-state index contributed by atoms with van der Waals surface area (Å²) >= 11 is 4.88. The molecule has 0 radical (unpaired) electrons. The minimum atomic E-state index is -3.75. The predicted molar refractivity (Wildman–Crippen MR) is 109 cm³/mol. The van der Waals surface area contributed by atoms with Crippen LogP contribution in [0.1, 0.15) is 0 Å². The fourth-order valence-electron chi connectivity index (χ4n) is 3.21. The monoisotopic (exact) mass is 447 g/mol. The summed E-state index contributed by atoms with van der Waals surface area (Å²) in [6, 6.07) is 4.45. The largest absolute Gasteiger partial charge is 0.474 e. The topological polar surface area (TPSA) is 117 Å². The van der Waals surface area contributed by atoms with Gasteiger partial charge in [-0.25, -0.2) is 14.3 Å². The van der Waals surface area contributed by atoms with Gasteiger partial charge in [-0.05, 0) is 30.4 Å². The number of hydrogen-bond acceptors (Lipinski definition) is 7. The average Bonchev–Trinajstić information content (AvgIpc) is 3.06. The number of halogens is 1. The number of amides is 1. The van der Waals surface area contributed by atoms with Gasteiger partial charge in [0, 0.05) is 26.2 Å². The normalized spacial score (nSPS) is 20.5. The van der Waals surface area contributed by atoms with Gasteiger partial charge in [0.2, 0.25) is 0 Å². The molecule has 0 saturated carbocycles. The standard InChI is InChI=1S/C16H22FN5O5S2/c1-26-15(28)19-9-12-10-22(16(23)27-12)11-2-3-14(13(17)8-11)20-4-6-21(7-5-20)29(18,24)25/h2-3,8,12H,4-7,9-10H2,1H3,(H,19,28)(H2,18,24,25)/t12-/m0/s1. The van der Waals surface area contributed by atoms with Crippen LogP contribution in [-0.4, -0.2) is 76.5 Å². The Balaban J connectivity index is 1.64. The number of ether oxygens (including phenoxy) is 2. The van der Waals surface area contributed by atoms with E-state index in [1.165, 1.54) is 18.1 Å². The lowest BCUT2D eigenvalue weighted by atomic mass is 10.2. The Hall–Kier alpha value is -2.22. The van der Waals surface area contributed by atoms with Gasteiger partial charge in [0.15, 0.2) is 0 Å². The number of anilines is 2. The maximum Gasteiger partial charge on any atom is 0.414 e. The van der Waals surface area contributed by atoms with Gasteiger partial charge in [-0.1, -0.05) is 0 Å². The first kappa shape index (κ1) is 21.5. The fraction of sp³-hybridized carbons (Fsp3) is 0.500.